The zero-order chi connectivity index (χ0) is 36.1. The number of nitrogens with zero attached hydrogens (tertiary/aromatic N) is 5. The van der Waals surface area contributed by atoms with Gasteiger partial charge in [-0.15, -0.1) is 0 Å². The lowest BCUT2D eigenvalue weighted by molar-refractivity contribution is -0.766. The van der Waals surface area contributed by atoms with E-state index in [1.54, 1.807) is 0 Å². The second-order valence-corrected chi connectivity index (χ2v) is 14.9. The molecule has 10 atom stereocenters. The van der Waals surface area contributed by atoms with Gasteiger partial charge in [-0.25, -0.2) is 28.6 Å². The van der Waals surface area contributed by atoms with Gasteiger partial charge in [0.1, 0.15) is 42.4 Å². The summed E-state index contributed by atoms with van der Waals surface area (Å²) in [5.74, 6) is -1.60. The van der Waals surface area contributed by atoms with Crippen LogP contribution < -0.4 is 15.4 Å². The van der Waals surface area contributed by atoms with E-state index in [4.69, 9.17) is 19.7 Å². The first-order valence-corrected chi connectivity index (χ1v) is 18.2. The highest BCUT2D eigenvalue weighted by Gasteiger charge is 2.51. The molecule has 0 aliphatic carbocycles. The van der Waals surface area contributed by atoms with E-state index in [1.165, 1.54) is 19.2 Å². The van der Waals surface area contributed by atoms with Crippen LogP contribution >= 0.6 is 23.5 Å². The van der Waals surface area contributed by atoms with Gasteiger partial charge in [0.2, 0.25) is 0 Å². The van der Waals surface area contributed by atoms with Crippen LogP contribution in [0, 0.1) is 6.92 Å². The molecule has 5 heterocycles. The third-order valence-electron chi connectivity index (χ3n) is 7.13. The topological polar surface area (TPSA) is 362 Å². The van der Waals surface area contributed by atoms with Crippen molar-refractivity contribution in [1.82, 2.24) is 19.5 Å². The molecule has 3 aromatic rings. The number of carboxylic acid groups (broad SMARTS) is 1. The van der Waals surface area contributed by atoms with Gasteiger partial charge in [0.25, 0.3) is 6.23 Å². The average Bonchev–Trinajstić information content (AvgIpc) is 3.64. The molecule has 3 aromatic heterocycles. The molecular formula is C22H29N6O18P3. The van der Waals surface area contributed by atoms with Crippen molar-refractivity contribution < 1.29 is 90.4 Å². The summed E-state index contributed by atoms with van der Waals surface area (Å²) < 4.78 is 68.3. The molecule has 2 fully saturated rings. The molecule has 0 bridgehead atoms. The van der Waals surface area contributed by atoms with Crippen LogP contribution in [0.3, 0.4) is 0 Å². The van der Waals surface area contributed by atoms with E-state index in [-0.39, 0.29) is 22.5 Å². The molecule has 2 unspecified atom stereocenters. The second-order valence-electron chi connectivity index (χ2n) is 10.7. The molecule has 27 heteroatoms. The summed E-state index contributed by atoms with van der Waals surface area (Å²) in [6.07, 6.45) is -8.87. The van der Waals surface area contributed by atoms with Crippen molar-refractivity contribution in [3.63, 3.8) is 0 Å². The number of nitrogen functional groups attached to an aromatic ring is 1. The average molecular weight is 758 g/mol. The van der Waals surface area contributed by atoms with E-state index in [1.807, 2.05) is 0 Å². The van der Waals surface area contributed by atoms with Crippen molar-refractivity contribution in [3.8, 4) is 0 Å². The first-order valence-electron chi connectivity index (χ1n) is 13.7. The number of rotatable bonds is 13. The van der Waals surface area contributed by atoms with Crippen LogP contribution in [0.4, 0.5) is 5.82 Å². The van der Waals surface area contributed by atoms with Crippen molar-refractivity contribution in [3.05, 3.63) is 42.2 Å². The first kappa shape index (κ1) is 37.4. The Balaban J connectivity index is 1.21. The Labute approximate surface area is 273 Å². The summed E-state index contributed by atoms with van der Waals surface area (Å²) >= 11 is 0. The minimum absolute atomic E-state index is 0.00454. The van der Waals surface area contributed by atoms with Crippen LogP contribution in [0.1, 0.15) is 28.4 Å². The van der Waals surface area contributed by atoms with E-state index < -0.39 is 91.7 Å². The van der Waals surface area contributed by atoms with Crippen molar-refractivity contribution in [2.45, 2.75) is 56.0 Å². The van der Waals surface area contributed by atoms with Gasteiger partial charge < -0.3 is 60.0 Å². The number of aromatic nitrogens is 5. The Hall–Kier alpha value is -2.86. The van der Waals surface area contributed by atoms with Crippen LogP contribution in [0.2, 0.25) is 0 Å². The molecule has 0 amide bonds. The summed E-state index contributed by atoms with van der Waals surface area (Å²) in [4.78, 5) is 62.0. The standard InChI is InChI=1S/C22H29N6O18P3/c1-9-2-10(22(32)33)4-27(3-9)20-16(31)14(29)11(43-20)5-41-48(37,38)46-49(39,40)42-6-12-15(30)17(45-47(34,35)36)21(44-12)28-8-26-13-18(23)24-7-25-19(13)28/h2-4,7-8,11-12,14-17,20-21,29-31H,5-6H2,1H3,(H6-,23,24,25,32,33,34,35,36,37,38,39,40)/t11-,12+,14-,15+,16-,17+,20-,21+/m0/s1. The minimum Gasteiger partial charge on any atom is -0.545 e. The molecule has 2 aliphatic rings. The van der Waals surface area contributed by atoms with Gasteiger partial charge in [0.05, 0.1) is 31.1 Å². The van der Waals surface area contributed by atoms with Crippen LogP contribution in [0.5, 0.6) is 0 Å². The Morgan fingerprint density at radius 1 is 0.980 bits per heavy atom. The number of nitrogens with two attached hydrogens (primary N) is 1. The van der Waals surface area contributed by atoms with E-state index in [0.29, 0.717) is 5.56 Å². The number of aliphatic hydroxyl groups excluding tert-OH is 3. The third kappa shape index (κ3) is 8.55. The summed E-state index contributed by atoms with van der Waals surface area (Å²) in [5, 5.41) is 42.9. The number of hydrogen-bond acceptors (Lipinski definition) is 18. The molecule has 0 spiro atoms. The number of aliphatic hydroxyl groups is 3. The van der Waals surface area contributed by atoms with Crippen molar-refractivity contribution in [2.24, 2.45) is 0 Å². The number of aryl methyl sites for hydroxylation is 1. The molecular weight excluding hydrogens is 729 g/mol. The third-order valence-corrected chi connectivity index (χ3v) is 10.3. The molecule has 2 saturated heterocycles. The van der Waals surface area contributed by atoms with Crippen molar-refractivity contribution in [1.29, 1.82) is 0 Å². The summed E-state index contributed by atoms with van der Waals surface area (Å²) in [6, 6.07) is 1.28. The van der Waals surface area contributed by atoms with Gasteiger partial charge in [-0.05, 0) is 13.0 Å². The lowest BCUT2D eigenvalue weighted by Crippen LogP contribution is -2.47. The van der Waals surface area contributed by atoms with Gasteiger partial charge in [0, 0.05) is 5.56 Å². The number of phosphoric acid groups is 3. The molecule has 9 N–H and O–H groups in total. The number of ether oxygens (including phenoxy) is 2. The molecule has 0 radical (unpaired) electrons. The monoisotopic (exact) mass is 758 g/mol. The maximum atomic E-state index is 12.6. The zero-order valence-corrected chi connectivity index (χ0v) is 27.4. The molecule has 270 valence electrons. The highest BCUT2D eigenvalue weighted by atomic mass is 31.3. The molecule has 0 saturated carbocycles. The number of fused-ring (bicyclic) bond motifs is 1. The predicted octanol–water partition coefficient (Wildman–Crippen LogP) is -3.33. The number of carboxylic acids is 1. The number of imidazole rings is 1. The number of hydrogen-bond donors (Lipinski definition) is 8. The largest absolute Gasteiger partial charge is 0.545 e. The summed E-state index contributed by atoms with van der Waals surface area (Å²) in [6.45, 7) is -0.547. The fourth-order valence-corrected chi connectivity index (χ4v) is 7.68. The van der Waals surface area contributed by atoms with Crippen LogP contribution in [-0.2, 0) is 41.1 Å². The van der Waals surface area contributed by atoms with E-state index in [0.717, 1.165) is 28.0 Å². The van der Waals surface area contributed by atoms with Gasteiger partial charge >= 0.3 is 23.5 Å². The van der Waals surface area contributed by atoms with Gasteiger partial charge in [0.15, 0.2) is 36.2 Å². The van der Waals surface area contributed by atoms with Gasteiger partial charge in [-0.1, -0.05) is 0 Å². The van der Waals surface area contributed by atoms with Crippen LogP contribution in [-0.4, -0.2) is 110 Å². The number of anilines is 1. The molecule has 5 rings (SSSR count). The molecule has 24 nitrogen and oxygen atoms in total. The molecule has 0 aromatic carbocycles. The molecule has 49 heavy (non-hydrogen) atoms. The van der Waals surface area contributed by atoms with Crippen molar-refractivity contribution >= 4 is 46.4 Å². The van der Waals surface area contributed by atoms with Crippen molar-refractivity contribution in [2.75, 3.05) is 18.9 Å². The van der Waals surface area contributed by atoms with E-state index in [9.17, 15) is 58.5 Å². The highest BCUT2D eigenvalue weighted by molar-refractivity contribution is 7.61. The van der Waals surface area contributed by atoms with Crippen LogP contribution in [0.25, 0.3) is 11.2 Å². The zero-order valence-electron chi connectivity index (χ0n) is 24.7. The smallest absolute Gasteiger partial charge is 0.481 e. The normalized spacial score (nSPS) is 30.0. The Bertz CT molecular complexity index is 1860. The maximum Gasteiger partial charge on any atom is 0.481 e. The number of phosphoric ester groups is 3. The summed E-state index contributed by atoms with van der Waals surface area (Å²) in [5.41, 5.74) is 5.95. The fourth-order valence-electron chi connectivity index (χ4n) is 5.05. The van der Waals surface area contributed by atoms with Gasteiger partial charge in [-0.3, -0.25) is 18.1 Å². The van der Waals surface area contributed by atoms with E-state index >= 15 is 0 Å². The molecule has 2 aliphatic heterocycles. The number of aromatic carboxylic acids is 1. The Morgan fingerprint density at radius 3 is 2.22 bits per heavy atom. The Morgan fingerprint density at radius 2 is 1.61 bits per heavy atom. The number of pyridine rings is 1. The quantitative estimate of drug-likeness (QED) is 0.0624. The fraction of sp³-hybridized carbons (Fsp3) is 0.500. The predicted molar refractivity (Wildman–Crippen MR) is 151 cm³/mol. The Kier molecular flexibility index (Phi) is 10.7. The maximum absolute atomic E-state index is 12.6. The SMILES string of the molecule is Cc1cc(C(=O)[O-])c[n+]([C@H]2O[C@@H](COP(=O)(O)OP(=O)(O)OC[C@H]3O[C@@H](n4cnc5c(N)ncnc54)[C@H](OP(=O)(O)O)[C@@H]3O)[C@H](O)[C@@H]2O)c1. The highest BCUT2D eigenvalue weighted by Crippen LogP contribution is 2.61. The lowest BCUT2D eigenvalue weighted by atomic mass is 10.1. The first-order chi connectivity index (χ1) is 22.7. The second kappa shape index (κ2) is 14.0. The number of carbonyl (C=O) groups is 1. The van der Waals surface area contributed by atoms with Gasteiger partial charge in [-0.2, -0.15) is 8.88 Å². The summed E-state index contributed by atoms with van der Waals surface area (Å²) in [7, 11) is -16.3. The van der Waals surface area contributed by atoms with E-state index in [2.05, 4.69) is 28.3 Å². The minimum atomic E-state index is -5.55. The lowest BCUT2D eigenvalue weighted by Gasteiger charge is -2.22. The van der Waals surface area contributed by atoms with Crippen LogP contribution in [0.15, 0.2) is 31.1 Å². The number of carbonyl (C=O) groups excluding carboxylic acids is 1.